The van der Waals surface area contributed by atoms with E-state index in [0.717, 1.165) is 51.6 Å². The molecular formula is C14H26N4O. The summed E-state index contributed by atoms with van der Waals surface area (Å²) in [4.78, 5) is 9.20. The zero-order valence-electron chi connectivity index (χ0n) is 12.3. The molecule has 1 aromatic rings. The van der Waals surface area contributed by atoms with Crippen LogP contribution in [0.4, 0.5) is 0 Å². The smallest absolute Gasteiger partial charge is 0.122 e. The Balaban J connectivity index is 1.80. The lowest BCUT2D eigenvalue weighted by Crippen LogP contribution is -2.50. The second-order valence-electron chi connectivity index (χ2n) is 5.99. The van der Waals surface area contributed by atoms with Crippen LogP contribution < -0.4 is 0 Å². The summed E-state index contributed by atoms with van der Waals surface area (Å²) in [7, 11) is 0. The van der Waals surface area contributed by atoms with Crippen molar-refractivity contribution in [1.82, 2.24) is 19.4 Å². The van der Waals surface area contributed by atoms with Crippen molar-refractivity contribution >= 4 is 0 Å². The van der Waals surface area contributed by atoms with Crippen LogP contribution in [0.5, 0.6) is 0 Å². The summed E-state index contributed by atoms with van der Waals surface area (Å²) < 4.78 is 2.20. The van der Waals surface area contributed by atoms with Crippen molar-refractivity contribution in [2.24, 2.45) is 0 Å². The molecule has 5 heteroatoms. The minimum Gasteiger partial charge on any atom is -0.389 e. The fourth-order valence-corrected chi connectivity index (χ4v) is 2.63. The molecule has 0 aromatic carbocycles. The van der Waals surface area contributed by atoms with E-state index < -0.39 is 5.60 Å². The molecule has 0 radical (unpaired) electrons. The predicted molar refractivity (Wildman–Crippen MR) is 75.9 cm³/mol. The van der Waals surface area contributed by atoms with Gasteiger partial charge >= 0.3 is 0 Å². The molecule has 0 aliphatic carbocycles. The first-order valence-electron chi connectivity index (χ1n) is 7.15. The lowest BCUT2D eigenvalue weighted by Gasteiger charge is -2.37. The third-order valence-corrected chi connectivity index (χ3v) is 3.58. The summed E-state index contributed by atoms with van der Waals surface area (Å²) in [6, 6.07) is 0. The normalized spacial score (nSPS) is 18.9. The molecule has 0 saturated carbocycles. The highest BCUT2D eigenvalue weighted by atomic mass is 16.3. The van der Waals surface area contributed by atoms with Gasteiger partial charge in [0.05, 0.1) is 12.1 Å². The monoisotopic (exact) mass is 266 g/mol. The molecule has 0 atom stereocenters. The van der Waals surface area contributed by atoms with Crippen LogP contribution in [0.2, 0.25) is 0 Å². The molecule has 0 bridgehead atoms. The van der Waals surface area contributed by atoms with E-state index in [1.807, 2.05) is 26.2 Å². The van der Waals surface area contributed by atoms with Crippen molar-refractivity contribution < 1.29 is 5.11 Å². The number of piperazine rings is 1. The summed E-state index contributed by atoms with van der Waals surface area (Å²) in [5.41, 5.74) is -0.597. The van der Waals surface area contributed by atoms with Gasteiger partial charge in [-0.1, -0.05) is 0 Å². The van der Waals surface area contributed by atoms with Crippen LogP contribution in [-0.4, -0.2) is 62.8 Å². The molecule has 0 amide bonds. The van der Waals surface area contributed by atoms with E-state index in [9.17, 15) is 5.11 Å². The van der Waals surface area contributed by atoms with Crippen LogP contribution >= 0.6 is 0 Å². The second-order valence-corrected chi connectivity index (χ2v) is 5.99. The molecule has 1 saturated heterocycles. The number of rotatable bonds is 5. The lowest BCUT2D eigenvalue weighted by molar-refractivity contribution is 0.0162. The number of aromatic nitrogens is 2. The Bertz CT molecular complexity index is 388. The highest BCUT2D eigenvalue weighted by Gasteiger charge is 2.23. The van der Waals surface area contributed by atoms with Gasteiger partial charge in [-0.15, -0.1) is 0 Å². The second kappa shape index (κ2) is 6.03. The first-order chi connectivity index (χ1) is 8.98. The van der Waals surface area contributed by atoms with Gasteiger partial charge in [-0.05, 0) is 20.8 Å². The van der Waals surface area contributed by atoms with Crippen molar-refractivity contribution in [2.45, 2.75) is 39.5 Å². The molecule has 19 heavy (non-hydrogen) atoms. The van der Waals surface area contributed by atoms with Crippen LogP contribution in [0.3, 0.4) is 0 Å². The Kier molecular flexibility index (Phi) is 4.60. The highest BCUT2D eigenvalue weighted by molar-refractivity contribution is 4.93. The van der Waals surface area contributed by atoms with E-state index in [4.69, 9.17) is 0 Å². The van der Waals surface area contributed by atoms with Gasteiger partial charge in [-0.25, -0.2) is 4.98 Å². The molecule has 0 unspecified atom stereocenters. The summed E-state index contributed by atoms with van der Waals surface area (Å²) in [5, 5.41) is 9.84. The van der Waals surface area contributed by atoms with Crippen molar-refractivity contribution in [1.29, 1.82) is 0 Å². The molecule has 1 aromatic heterocycles. The van der Waals surface area contributed by atoms with E-state index in [1.54, 1.807) is 0 Å². The third-order valence-electron chi connectivity index (χ3n) is 3.58. The zero-order valence-corrected chi connectivity index (χ0v) is 12.3. The fraction of sp³-hybridized carbons (Fsp3) is 0.786. The van der Waals surface area contributed by atoms with Crippen LogP contribution in [0.15, 0.2) is 12.4 Å². The number of hydrogen-bond acceptors (Lipinski definition) is 4. The Labute approximate surface area is 115 Å². The van der Waals surface area contributed by atoms with Gasteiger partial charge in [0.25, 0.3) is 0 Å². The van der Waals surface area contributed by atoms with E-state index in [-0.39, 0.29) is 0 Å². The van der Waals surface area contributed by atoms with Gasteiger partial charge in [0.2, 0.25) is 0 Å². The van der Waals surface area contributed by atoms with Crippen LogP contribution in [0, 0.1) is 0 Å². The zero-order chi connectivity index (χ0) is 13.9. The molecule has 2 rings (SSSR count). The average Bonchev–Trinajstić information content (AvgIpc) is 2.77. The number of imidazole rings is 1. The van der Waals surface area contributed by atoms with Crippen molar-refractivity contribution in [3.8, 4) is 0 Å². The van der Waals surface area contributed by atoms with Gasteiger partial charge < -0.3 is 9.67 Å². The topological polar surface area (TPSA) is 44.5 Å². The minimum absolute atomic E-state index is 0.597. The van der Waals surface area contributed by atoms with E-state index in [2.05, 4.69) is 26.3 Å². The predicted octanol–water partition coefficient (Wildman–Crippen LogP) is 0.791. The number of nitrogens with zero attached hydrogens (tertiary/aromatic N) is 4. The summed E-state index contributed by atoms with van der Waals surface area (Å²) in [5.74, 6) is 1.15. The minimum atomic E-state index is -0.597. The van der Waals surface area contributed by atoms with Crippen LogP contribution in [-0.2, 0) is 13.1 Å². The number of β-amino-alcohol motifs (C(OH)–C–C–N with tert-alkyl or cyclic N) is 1. The maximum Gasteiger partial charge on any atom is 0.122 e. The maximum absolute atomic E-state index is 9.84. The van der Waals surface area contributed by atoms with Gasteiger partial charge in [0, 0.05) is 51.7 Å². The van der Waals surface area contributed by atoms with E-state index in [1.165, 1.54) is 0 Å². The van der Waals surface area contributed by atoms with Crippen molar-refractivity contribution in [3.05, 3.63) is 18.2 Å². The molecule has 5 nitrogen and oxygen atoms in total. The summed E-state index contributed by atoms with van der Waals surface area (Å²) in [6.07, 6.45) is 3.92. The quantitative estimate of drug-likeness (QED) is 0.856. The van der Waals surface area contributed by atoms with Gasteiger partial charge in [-0.2, -0.15) is 0 Å². The Hall–Kier alpha value is -0.910. The van der Waals surface area contributed by atoms with E-state index >= 15 is 0 Å². The molecule has 1 aliphatic heterocycles. The standard InChI is InChI=1S/C14H26N4O/c1-4-18-6-5-15-13(18)11-16-7-9-17(10-8-16)12-14(2,3)19/h5-6,19H,4,7-12H2,1-3H3. The van der Waals surface area contributed by atoms with Gasteiger partial charge in [0.1, 0.15) is 5.82 Å². The Morgan fingerprint density at radius 2 is 1.84 bits per heavy atom. The number of hydrogen-bond donors (Lipinski definition) is 1. The van der Waals surface area contributed by atoms with Gasteiger partial charge in [0.15, 0.2) is 0 Å². The SMILES string of the molecule is CCn1ccnc1CN1CCN(CC(C)(C)O)CC1. The van der Waals surface area contributed by atoms with Gasteiger partial charge in [-0.3, -0.25) is 9.80 Å². The van der Waals surface area contributed by atoms with Crippen LogP contribution in [0.25, 0.3) is 0 Å². The van der Waals surface area contributed by atoms with Crippen molar-refractivity contribution in [3.63, 3.8) is 0 Å². The molecule has 1 N–H and O–H groups in total. The molecule has 1 fully saturated rings. The van der Waals surface area contributed by atoms with Crippen molar-refractivity contribution in [2.75, 3.05) is 32.7 Å². The summed E-state index contributed by atoms with van der Waals surface area (Å²) >= 11 is 0. The molecule has 1 aliphatic rings. The Morgan fingerprint density at radius 1 is 1.21 bits per heavy atom. The highest BCUT2D eigenvalue weighted by Crippen LogP contribution is 2.11. The van der Waals surface area contributed by atoms with Crippen LogP contribution in [0.1, 0.15) is 26.6 Å². The molecule has 108 valence electrons. The first-order valence-corrected chi connectivity index (χ1v) is 7.15. The fourth-order valence-electron chi connectivity index (χ4n) is 2.63. The lowest BCUT2D eigenvalue weighted by atomic mass is 10.1. The molecular weight excluding hydrogens is 240 g/mol. The number of aryl methyl sites for hydroxylation is 1. The number of aliphatic hydroxyl groups is 1. The largest absolute Gasteiger partial charge is 0.389 e. The average molecular weight is 266 g/mol. The van der Waals surface area contributed by atoms with E-state index in [0.29, 0.717) is 0 Å². The molecule has 0 spiro atoms. The maximum atomic E-state index is 9.84. The Morgan fingerprint density at radius 3 is 2.42 bits per heavy atom. The third kappa shape index (κ3) is 4.30. The summed E-state index contributed by atoms with van der Waals surface area (Å²) in [6.45, 7) is 12.7. The molecule has 2 heterocycles. The first kappa shape index (κ1) is 14.5.